The first-order chi connectivity index (χ1) is 5.83. The minimum absolute atomic E-state index is 0.0333. The largest absolute Gasteiger partial charge is 0.494 e. The zero-order valence-electron chi connectivity index (χ0n) is 7.32. The molecule has 0 spiro atoms. The van der Waals surface area contributed by atoms with Crippen molar-refractivity contribution in [2.45, 2.75) is 32.3 Å². The Labute approximate surface area is 72.9 Å². The third-order valence-corrected chi connectivity index (χ3v) is 1.73. The summed E-state index contributed by atoms with van der Waals surface area (Å²) < 4.78 is 5.21. The van der Waals surface area contributed by atoms with Gasteiger partial charge in [0, 0.05) is 12.8 Å². The molecule has 0 fully saturated rings. The number of hydrogen-bond acceptors (Lipinski definition) is 2. The Bertz CT molecular complexity index is 204. The molecule has 1 aliphatic heterocycles. The van der Waals surface area contributed by atoms with E-state index in [1.165, 1.54) is 0 Å². The minimum Gasteiger partial charge on any atom is -0.494 e. The van der Waals surface area contributed by atoms with Gasteiger partial charge in [-0.05, 0) is 18.6 Å². The maximum atomic E-state index is 11.2. The summed E-state index contributed by atoms with van der Waals surface area (Å²) in [7, 11) is 0. The van der Waals surface area contributed by atoms with Gasteiger partial charge in [0.1, 0.15) is 11.9 Å². The van der Waals surface area contributed by atoms with Gasteiger partial charge in [-0.1, -0.05) is 13.0 Å². The second-order valence-corrected chi connectivity index (χ2v) is 2.88. The Morgan fingerprint density at radius 3 is 2.92 bits per heavy atom. The Morgan fingerprint density at radius 2 is 2.33 bits per heavy atom. The molecule has 0 bridgehead atoms. The molecule has 1 aliphatic rings. The second-order valence-electron chi connectivity index (χ2n) is 2.88. The lowest BCUT2D eigenvalue weighted by Crippen LogP contribution is -2.14. The second kappa shape index (κ2) is 4.75. The van der Waals surface area contributed by atoms with E-state index in [1.807, 2.05) is 25.2 Å². The molecule has 0 radical (unpaired) electrons. The van der Waals surface area contributed by atoms with E-state index < -0.39 is 0 Å². The Morgan fingerprint density at radius 1 is 1.50 bits per heavy atom. The summed E-state index contributed by atoms with van der Waals surface area (Å²) >= 11 is 0. The Kier molecular flexibility index (Phi) is 3.58. The van der Waals surface area contributed by atoms with Crippen LogP contribution in [0.15, 0.2) is 24.5 Å². The summed E-state index contributed by atoms with van der Waals surface area (Å²) in [4.78, 5) is 11.2. The van der Waals surface area contributed by atoms with Crippen LogP contribution in [0.5, 0.6) is 0 Å². The molecule has 1 atom stereocenters. The summed E-state index contributed by atoms with van der Waals surface area (Å²) in [5.74, 6) is 0.280. The zero-order valence-corrected chi connectivity index (χ0v) is 7.32. The molecule has 0 aliphatic carbocycles. The molecule has 2 heteroatoms. The van der Waals surface area contributed by atoms with Crippen LogP contribution < -0.4 is 0 Å². The lowest BCUT2D eigenvalue weighted by molar-refractivity contribution is -0.120. The van der Waals surface area contributed by atoms with Crippen LogP contribution in [-0.2, 0) is 9.53 Å². The molecular formula is C10H14O2. The van der Waals surface area contributed by atoms with Crippen molar-refractivity contribution in [1.82, 2.24) is 0 Å². The van der Waals surface area contributed by atoms with E-state index >= 15 is 0 Å². The van der Waals surface area contributed by atoms with Crippen molar-refractivity contribution >= 4 is 5.78 Å². The number of carbonyl (C=O) groups excluding carboxylic acids is 1. The molecule has 1 unspecified atom stereocenters. The SMILES string of the molecule is CCCC(=O)CC1C=CC=CO1. The molecule has 1 rings (SSSR count). The number of Topliss-reactive ketones (excluding diaryl/α,β-unsaturated/α-hetero) is 1. The van der Waals surface area contributed by atoms with Crippen molar-refractivity contribution < 1.29 is 9.53 Å². The van der Waals surface area contributed by atoms with Gasteiger partial charge in [0.25, 0.3) is 0 Å². The number of rotatable bonds is 4. The highest BCUT2D eigenvalue weighted by Crippen LogP contribution is 2.08. The predicted molar refractivity (Wildman–Crippen MR) is 47.7 cm³/mol. The van der Waals surface area contributed by atoms with Crippen LogP contribution in [-0.4, -0.2) is 11.9 Å². The van der Waals surface area contributed by atoms with Gasteiger partial charge in [-0.25, -0.2) is 0 Å². The smallest absolute Gasteiger partial charge is 0.136 e. The van der Waals surface area contributed by atoms with Crippen LogP contribution in [0.4, 0.5) is 0 Å². The first-order valence-corrected chi connectivity index (χ1v) is 4.33. The quantitative estimate of drug-likeness (QED) is 0.640. The highest BCUT2D eigenvalue weighted by Gasteiger charge is 2.10. The van der Waals surface area contributed by atoms with E-state index in [1.54, 1.807) is 6.26 Å². The molecule has 0 saturated carbocycles. The van der Waals surface area contributed by atoms with Crippen LogP contribution >= 0.6 is 0 Å². The van der Waals surface area contributed by atoms with Gasteiger partial charge in [-0.15, -0.1) is 0 Å². The molecule has 0 saturated heterocycles. The van der Waals surface area contributed by atoms with E-state index in [2.05, 4.69) is 0 Å². The zero-order chi connectivity index (χ0) is 8.81. The summed E-state index contributed by atoms with van der Waals surface area (Å²) in [5, 5.41) is 0. The fourth-order valence-corrected chi connectivity index (χ4v) is 1.15. The molecule has 0 aromatic rings. The van der Waals surface area contributed by atoms with Gasteiger partial charge in [0.2, 0.25) is 0 Å². The molecule has 66 valence electrons. The Hall–Kier alpha value is -1.05. The van der Waals surface area contributed by atoms with Crippen molar-refractivity contribution in [2.24, 2.45) is 0 Å². The van der Waals surface area contributed by atoms with Gasteiger partial charge in [0.15, 0.2) is 0 Å². The number of ether oxygens (including phenoxy) is 1. The molecule has 0 aromatic heterocycles. The number of hydrogen-bond donors (Lipinski definition) is 0. The fourth-order valence-electron chi connectivity index (χ4n) is 1.15. The summed E-state index contributed by atoms with van der Waals surface area (Å²) in [6, 6.07) is 0. The lowest BCUT2D eigenvalue weighted by atomic mass is 10.1. The molecule has 1 heterocycles. The molecule has 12 heavy (non-hydrogen) atoms. The Balaban J connectivity index is 2.27. The van der Waals surface area contributed by atoms with Gasteiger partial charge in [-0.2, -0.15) is 0 Å². The van der Waals surface area contributed by atoms with Crippen molar-refractivity contribution in [3.63, 3.8) is 0 Å². The predicted octanol–water partition coefficient (Wildman–Crippen LogP) is 2.21. The highest BCUT2D eigenvalue weighted by molar-refractivity contribution is 5.79. The van der Waals surface area contributed by atoms with E-state index in [4.69, 9.17) is 4.74 Å². The number of carbonyl (C=O) groups is 1. The van der Waals surface area contributed by atoms with Gasteiger partial charge in [-0.3, -0.25) is 4.79 Å². The topological polar surface area (TPSA) is 26.3 Å². The summed E-state index contributed by atoms with van der Waals surface area (Å²) in [6.45, 7) is 2.01. The average molecular weight is 166 g/mol. The molecular weight excluding hydrogens is 152 g/mol. The van der Waals surface area contributed by atoms with Gasteiger partial charge in [0.05, 0.1) is 6.26 Å². The maximum Gasteiger partial charge on any atom is 0.136 e. The lowest BCUT2D eigenvalue weighted by Gasteiger charge is -2.13. The van der Waals surface area contributed by atoms with Gasteiger partial charge >= 0.3 is 0 Å². The molecule has 0 N–H and O–H groups in total. The highest BCUT2D eigenvalue weighted by atomic mass is 16.5. The molecule has 2 nitrogen and oxygen atoms in total. The number of ketones is 1. The fraction of sp³-hybridized carbons (Fsp3) is 0.500. The minimum atomic E-state index is -0.0333. The van der Waals surface area contributed by atoms with E-state index in [0.717, 1.165) is 6.42 Å². The molecule has 0 amide bonds. The van der Waals surface area contributed by atoms with Crippen LogP contribution in [0, 0.1) is 0 Å². The van der Waals surface area contributed by atoms with Crippen LogP contribution in [0.2, 0.25) is 0 Å². The monoisotopic (exact) mass is 166 g/mol. The van der Waals surface area contributed by atoms with Crippen molar-refractivity contribution in [3.05, 3.63) is 24.5 Å². The van der Waals surface area contributed by atoms with Crippen molar-refractivity contribution in [2.75, 3.05) is 0 Å². The normalized spacial score (nSPS) is 20.6. The third kappa shape index (κ3) is 2.91. The summed E-state index contributed by atoms with van der Waals surface area (Å²) in [6.07, 6.45) is 9.33. The van der Waals surface area contributed by atoms with E-state index in [-0.39, 0.29) is 11.9 Å². The van der Waals surface area contributed by atoms with Crippen LogP contribution in [0.25, 0.3) is 0 Å². The third-order valence-electron chi connectivity index (χ3n) is 1.73. The maximum absolute atomic E-state index is 11.2. The van der Waals surface area contributed by atoms with Crippen molar-refractivity contribution in [1.29, 1.82) is 0 Å². The average Bonchev–Trinajstić information content (AvgIpc) is 2.06. The van der Waals surface area contributed by atoms with E-state index in [0.29, 0.717) is 12.8 Å². The van der Waals surface area contributed by atoms with Gasteiger partial charge < -0.3 is 4.74 Å². The van der Waals surface area contributed by atoms with Crippen LogP contribution in [0.1, 0.15) is 26.2 Å². The van der Waals surface area contributed by atoms with Crippen LogP contribution in [0.3, 0.4) is 0 Å². The standard InChI is InChI=1S/C10H14O2/c1-2-5-9(11)8-10-6-3-4-7-12-10/h3-4,6-7,10H,2,5,8H2,1H3. The first-order valence-electron chi connectivity index (χ1n) is 4.33. The molecule has 0 aromatic carbocycles. The van der Waals surface area contributed by atoms with E-state index in [9.17, 15) is 4.79 Å². The number of allylic oxidation sites excluding steroid dienone is 2. The first kappa shape index (κ1) is 9.04. The summed E-state index contributed by atoms with van der Waals surface area (Å²) in [5.41, 5.74) is 0. The van der Waals surface area contributed by atoms with Crippen molar-refractivity contribution in [3.8, 4) is 0 Å².